The van der Waals surface area contributed by atoms with Gasteiger partial charge < -0.3 is 30.8 Å². The zero-order chi connectivity index (χ0) is 25.9. The molecule has 3 aromatic rings. The number of H-pyrrole nitrogens is 2. The number of aromatic nitrogens is 4. The van der Waals surface area contributed by atoms with E-state index in [1.165, 1.54) is 79.6 Å². The number of hydrogen-bond donors (Lipinski definition) is 5. The van der Waals surface area contributed by atoms with Gasteiger partial charge in [-0.1, -0.05) is 13.0 Å². The van der Waals surface area contributed by atoms with Gasteiger partial charge in [0.2, 0.25) is 0 Å². The quantitative estimate of drug-likeness (QED) is 0.316. The van der Waals surface area contributed by atoms with Crippen LogP contribution in [0.2, 0.25) is 0 Å². The maximum atomic E-state index is 4.82. The van der Waals surface area contributed by atoms with E-state index in [-0.39, 0.29) is 0 Å². The standard InChI is InChI=1S/C31H42N8/c1-18-14-23-28-20(26-17-35-31(38-26)22-5-3-11-33-22)6-7-27(29(28)24(15-18)36-23)39-12-8-19(9-13-39)25-16-34-30(37-25)21-4-2-10-32-21/h6-7,16-19,21-24,32-33,36H,2-5,8-15H2,1H3,(H,34,37)(H,35,38). The highest BCUT2D eigenvalue weighted by atomic mass is 15.2. The molecule has 5 aliphatic heterocycles. The summed E-state index contributed by atoms with van der Waals surface area (Å²) in [5, 5.41) is 11.2. The van der Waals surface area contributed by atoms with E-state index in [9.17, 15) is 0 Å². The summed E-state index contributed by atoms with van der Waals surface area (Å²) in [6.07, 6.45) is 13.8. The molecule has 1 aromatic carbocycles. The molecule has 2 bridgehead atoms. The lowest BCUT2D eigenvalue weighted by molar-refractivity contribution is 0.290. The van der Waals surface area contributed by atoms with Crippen LogP contribution in [0.3, 0.4) is 0 Å². The van der Waals surface area contributed by atoms with E-state index in [0.717, 1.165) is 43.7 Å². The van der Waals surface area contributed by atoms with E-state index in [0.29, 0.717) is 30.1 Å². The predicted octanol–water partition coefficient (Wildman–Crippen LogP) is 5.15. The lowest BCUT2D eigenvalue weighted by Crippen LogP contribution is -2.34. The highest BCUT2D eigenvalue weighted by Gasteiger charge is 2.41. The summed E-state index contributed by atoms with van der Waals surface area (Å²) in [5.74, 6) is 3.54. The van der Waals surface area contributed by atoms with Gasteiger partial charge in [-0.25, -0.2) is 9.97 Å². The molecule has 206 valence electrons. The molecule has 39 heavy (non-hydrogen) atoms. The van der Waals surface area contributed by atoms with Crippen LogP contribution >= 0.6 is 0 Å². The molecule has 4 fully saturated rings. The fourth-order valence-electron chi connectivity index (χ4n) is 8.21. The van der Waals surface area contributed by atoms with E-state index in [1.807, 2.05) is 0 Å². The Balaban J connectivity index is 1.06. The van der Waals surface area contributed by atoms with Gasteiger partial charge in [0.25, 0.3) is 0 Å². The summed E-state index contributed by atoms with van der Waals surface area (Å²) >= 11 is 0. The van der Waals surface area contributed by atoms with Crippen LogP contribution in [0, 0.1) is 5.92 Å². The molecule has 5 atom stereocenters. The van der Waals surface area contributed by atoms with Crippen LogP contribution in [-0.2, 0) is 0 Å². The van der Waals surface area contributed by atoms with Crippen molar-refractivity contribution in [2.24, 2.45) is 5.92 Å². The second-order valence-corrected chi connectivity index (χ2v) is 12.8. The molecule has 0 aliphatic carbocycles. The van der Waals surface area contributed by atoms with Crippen molar-refractivity contribution in [3.8, 4) is 11.3 Å². The Labute approximate surface area is 231 Å². The largest absolute Gasteiger partial charge is 0.371 e. The van der Waals surface area contributed by atoms with Crippen LogP contribution in [-0.4, -0.2) is 46.1 Å². The number of imidazole rings is 2. The van der Waals surface area contributed by atoms with Crippen molar-refractivity contribution in [3.05, 3.63) is 53.0 Å². The van der Waals surface area contributed by atoms with Crippen LogP contribution in [0.15, 0.2) is 24.5 Å². The fraction of sp³-hybridized carbons (Fsp3) is 0.613. The Kier molecular flexibility index (Phi) is 6.04. The predicted molar refractivity (Wildman–Crippen MR) is 154 cm³/mol. The Morgan fingerprint density at radius 3 is 2.18 bits per heavy atom. The topological polar surface area (TPSA) is 96.7 Å². The molecule has 0 amide bonds. The SMILES string of the molecule is CC1CC2NC(C1)c1c(N3CCC(c4cnc(C5CCCN5)[nH]4)CC3)ccc(-c3cnc(C4CCCN4)[nH]3)c12. The second kappa shape index (κ2) is 9.75. The van der Waals surface area contributed by atoms with E-state index in [2.05, 4.69) is 62.3 Å². The molecule has 0 saturated carbocycles. The third-order valence-corrected chi connectivity index (χ3v) is 10.2. The lowest BCUT2D eigenvalue weighted by Gasteiger charge is -2.35. The zero-order valence-electron chi connectivity index (χ0n) is 23.1. The highest BCUT2D eigenvalue weighted by molar-refractivity contribution is 5.75. The van der Waals surface area contributed by atoms with Gasteiger partial charge >= 0.3 is 0 Å². The van der Waals surface area contributed by atoms with Crippen molar-refractivity contribution in [2.75, 3.05) is 31.1 Å². The number of nitrogens with one attached hydrogen (secondary N) is 5. The van der Waals surface area contributed by atoms with Crippen LogP contribution in [0.5, 0.6) is 0 Å². The Hall–Kier alpha value is -2.68. The molecule has 0 radical (unpaired) electrons. The molecule has 5 N–H and O–H groups in total. The van der Waals surface area contributed by atoms with Crippen molar-refractivity contribution < 1.29 is 0 Å². The monoisotopic (exact) mass is 526 g/mol. The van der Waals surface area contributed by atoms with Gasteiger partial charge in [0.15, 0.2) is 0 Å². The van der Waals surface area contributed by atoms with E-state index in [4.69, 9.17) is 9.97 Å². The minimum Gasteiger partial charge on any atom is -0.371 e. The Morgan fingerprint density at radius 1 is 0.769 bits per heavy atom. The molecular formula is C31H42N8. The second-order valence-electron chi connectivity index (χ2n) is 12.8. The summed E-state index contributed by atoms with van der Waals surface area (Å²) in [4.78, 5) is 19.6. The zero-order valence-corrected chi connectivity index (χ0v) is 23.1. The molecule has 8 rings (SSSR count). The van der Waals surface area contributed by atoms with Crippen LogP contribution in [0.4, 0.5) is 5.69 Å². The van der Waals surface area contributed by atoms with Gasteiger partial charge in [-0.3, -0.25) is 0 Å². The summed E-state index contributed by atoms with van der Waals surface area (Å²) in [7, 11) is 0. The number of benzene rings is 1. The molecule has 8 heteroatoms. The third kappa shape index (κ3) is 4.23. The molecular weight excluding hydrogens is 484 g/mol. The average molecular weight is 527 g/mol. The number of anilines is 1. The third-order valence-electron chi connectivity index (χ3n) is 10.2. The van der Waals surface area contributed by atoms with Crippen molar-refractivity contribution in [1.82, 2.24) is 35.9 Å². The van der Waals surface area contributed by atoms with Gasteiger partial charge in [-0.15, -0.1) is 0 Å². The van der Waals surface area contributed by atoms with Gasteiger partial charge in [-0.05, 0) is 87.6 Å². The summed E-state index contributed by atoms with van der Waals surface area (Å²) < 4.78 is 0. The molecule has 8 nitrogen and oxygen atoms in total. The highest BCUT2D eigenvalue weighted by Crippen LogP contribution is 2.52. The molecule has 5 aliphatic rings. The van der Waals surface area contributed by atoms with E-state index in [1.54, 1.807) is 5.56 Å². The smallest absolute Gasteiger partial charge is 0.123 e. The lowest BCUT2D eigenvalue weighted by atomic mass is 9.90. The first-order chi connectivity index (χ1) is 19.2. The molecule has 0 spiro atoms. The number of hydrogen-bond acceptors (Lipinski definition) is 6. The maximum absolute atomic E-state index is 4.82. The fourth-order valence-corrected chi connectivity index (χ4v) is 8.21. The van der Waals surface area contributed by atoms with Crippen LogP contribution in [0.25, 0.3) is 11.3 Å². The molecule has 7 heterocycles. The number of fused-ring (bicyclic) bond motifs is 5. The normalized spacial score (nSPS) is 30.8. The summed E-state index contributed by atoms with van der Waals surface area (Å²) in [6.45, 7) is 6.82. The summed E-state index contributed by atoms with van der Waals surface area (Å²) in [6, 6.07) is 6.46. The molecule has 5 unspecified atom stereocenters. The van der Waals surface area contributed by atoms with Crippen molar-refractivity contribution in [2.45, 2.75) is 88.4 Å². The van der Waals surface area contributed by atoms with E-state index >= 15 is 0 Å². The minimum absolute atomic E-state index is 0.366. The minimum atomic E-state index is 0.366. The van der Waals surface area contributed by atoms with E-state index < -0.39 is 0 Å². The number of piperidine rings is 2. The van der Waals surface area contributed by atoms with Crippen LogP contribution < -0.4 is 20.9 Å². The van der Waals surface area contributed by atoms with Gasteiger partial charge in [0.05, 0.1) is 24.0 Å². The summed E-state index contributed by atoms with van der Waals surface area (Å²) in [5.41, 5.74) is 8.40. The van der Waals surface area contributed by atoms with Gasteiger partial charge in [-0.2, -0.15) is 0 Å². The van der Waals surface area contributed by atoms with Crippen molar-refractivity contribution >= 4 is 5.69 Å². The Bertz CT molecular complexity index is 1320. The molecule has 4 saturated heterocycles. The number of aromatic amines is 2. The van der Waals surface area contributed by atoms with Crippen molar-refractivity contribution in [3.63, 3.8) is 0 Å². The first-order valence-corrected chi connectivity index (χ1v) is 15.5. The number of rotatable bonds is 5. The molecule has 2 aromatic heterocycles. The maximum Gasteiger partial charge on any atom is 0.123 e. The first-order valence-electron chi connectivity index (χ1n) is 15.5. The average Bonchev–Trinajstić information content (AvgIpc) is 3.78. The number of nitrogens with zero attached hydrogens (tertiary/aromatic N) is 3. The van der Waals surface area contributed by atoms with Gasteiger partial charge in [0.1, 0.15) is 11.6 Å². The van der Waals surface area contributed by atoms with Crippen molar-refractivity contribution in [1.29, 1.82) is 0 Å². The first kappa shape index (κ1) is 24.1. The van der Waals surface area contributed by atoms with Crippen LogP contribution in [0.1, 0.15) is 117 Å². The van der Waals surface area contributed by atoms with Gasteiger partial charge in [0, 0.05) is 54.2 Å². The Morgan fingerprint density at radius 2 is 1.46 bits per heavy atom.